The predicted octanol–water partition coefficient (Wildman–Crippen LogP) is 2.09. The van der Waals surface area contributed by atoms with E-state index in [2.05, 4.69) is 4.90 Å². The number of amides is 1. The highest BCUT2D eigenvalue weighted by atomic mass is 16.6. The van der Waals surface area contributed by atoms with Gasteiger partial charge in [-0.05, 0) is 39.2 Å². The number of para-hydroxylation sites is 1. The molecule has 0 fully saturated rings. The van der Waals surface area contributed by atoms with Crippen LogP contribution in [0.3, 0.4) is 0 Å². The molecule has 0 saturated carbocycles. The SMILES string of the molecule is COCCN(CCCN(C)C)C(=O)Oc1ccccc1. The average molecular weight is 280 g/mol. The van der Waals surface area contributed by atoms with Crippen LogP contribution in [0.2, 0.25) is 0 Å². The zero-order valence-electron chi connectivity index (χ0n) is 12.5. The molecule has 0 saturated heterocycles. The number of rotatable bonds is 8. The van der Waals surface area contributed by atoms with Crippen LogP contribution in [0.4, 0.5) is 4.79 Å². The van der Waals surface area contributed by atoms with Crippen LogP contribution in [0.25, 0.3) is 0 Å². The molecule has 0 aliphatic heterocycles. The first kappa shape index (κ1) is 16.5. The fourth-order valence-corrected chi connectivity index (χ4v) is 1.73. The van der Waals surface area contributed by atoms with Crippen molar-refractivity contribution in [1.82, 2.24) is 9.80 Å². The quantitative estimate of drug-likeness (QED) is 0.731. The fraction of sp³-hybridized carbons (Fsp3) is 0.533. The lowest BCUT2D eigenvalue weighted by Gasteiger charge is -2.22. The molecule has 0 radical (unpaired) electrons. The Labute approximate surface area is 121 Å². The molecule has 0 N–H and O–H groups in total. The van der Waals surface area contributed by atoms with Crippen LogP contribution in [0.1, 0.15) is 6.42 Å². The monoisotopic (exact) mass is 280 g/mol. The van der Waals surface area contributed by atoms with Crippen molar-refractivity contribution in [2.45, 2.75) is 6.42 Å². The summed E-state index contributed by atoms with van der Waals surface area (Å²) >= 11 is 0. The first-order chi connectivity index (χ1) is 9.63. The summed E-state index contributed by atoms with van der Waals surface area (Å²) < 4.78 is 10.4. The number of carbonyl (C=O) groups is 1. The van der Waals surface area contributed by atoms with E-state index in [4.69, 9.17) is 9.47 Å². The van der Waals surface area contributed by atoms with Crippen LogP contribution >= 0.6 is 0 Å². The highest BCUT2D eigenvalue weighted by molar-refractivity contribution is 5.70. The summed E-state index contributed by atoms with van der Waals surface area (Å²) in [5, 5.41) is 0. The molecular formula is C15H24N2O3. The Kier molecular flexibility index (Phi) is 7.69. The van der Waals surface area contributed by atoms with Crippen molar-refractivity contribution in [3.63, 3.8) is 0 Å². The molecule has 0 aliphatic rings. The Hall–Kier alpha value is -1.59. The molecule has 1 aromatic carbocycles. The van der Waals surface area contributed by atoms with Gasteiger partial charge >= 0.3 is 6.09 Å². The Morgan fingerprint density at radius 2 is 1.80 bits per heavy atom. The van der Waals surface area contributed by atoms with Gasteiger partial charge < -0.3 is 19.3 Å². The smallest absolute Gasteiger partial charge is 0.410 e. The number of nitrogens with zero attached hydrogens (tertiary/aromatic N) is 2. The summed E-state index contributed by atoms with van der Waals surface area (Å²) in [6.45, 7) is 2.64. The molecule has 0 heterocycles. The summed E-state index contributed by atoms with van der Waals surface area (Å²) in [6, 6.07) is 9.11. The van der Waals surface area contributed by atoms with E-state index in [1.54, 1.807) is 24.1 Å². The van der Waals surface area contributed by atoms with E-state index in [9.17, 15) is 4.79 Å². The molecular weight excluding hydrogens is 256 g/mol. The maximum atomic E-state index is 12.1. The highest BCUT2D eigenvalue weighted by Crippen LogP contribution is 2.10. The van der Waals surface area contributed by atoms with Gasteiger partial charge in [0, 0.05) is 20.2 Å². The van der Waals surface area contributed by atoms with Gasteiger partial charge in [0.05, 0.1) is 6.61 Å². The maximum Gasteiger partial charge on any atom is 0.415 e. The minimum absolute atomic E-state index is 0.327. The van der Waals surface area contributed by atoms with Crippen molar-refractivity contribution >= 4 is 6.09 Å². The number of methoxy groups -OCH3 is 1. The minimum atomic E-state index is -0.327. The van der Waals surface area contributed by atoms with Gasteiger partial charge in [-0.25, -0.2) is 4.79 Å². The standard InChI is InChI=1S/C15H24N2O3/c1-16(2)10-7-11-17(12-13-19-3)15(18)20-14-8-5-4-6-9-14/h4-6,8-9H,7,10-13H2,1-3H3. The molecule has 1 rings (SSSR count). The summed E-state index contributed by atoms with van der Waals surface area (Å²) in [6.07, 6.45) is 0.577. The molecule has 0 aliphatic carbocycles. The van der Waals surface area contributed by atoms with E-state index in [-0.39, 0.29) is 6.09 Å². The highest BCUT2D eigenvalue weighted by Gasteiger charge is 2.15. The zero-order valence-corrected chi connectivity index (χ0v) is 12.5. The average Bonchev–Trinajstić information content (AvgIpc) is 2.43. The van der Waals surface area contributed by atoms with Crippen molar-refractivity contribution in [2.24, 2.45) is 0 Å². The second-order valence-electron chi connectivity index (χ2n) is 4.82. The lowest BCUT2D eigenvalue weighted by molar-refractivity contribution is 0.121. The molecule has 0 bridgehead atoms. The van der Waals surface area contributed by atoms with E-state index >= 15 is 0 Å². The molecule has 0 aromatic heterocycles. The molecule has 0 atom stereocenters. The van der Waals surface area contributed by atoms with Gasteiger partial charge in [-0.3, -0.25) is 0 Å². The van der Waals surface area contributed by atoms with Crippen molar-refractivity contribution < 1.29 is 14.3 Å². The van der Waals surface area contributed by atoms with Crippen molar-refractivity contribution in [3.8, 4) is 5.75 Å². The number of carbonyl (C=O) groups excluding carboxylic acids is 1. The second-order valence-corrected chi connectivity index (χ2v) is 4.82. The Morgan fingerprint density at radius 1 is 1.10 bits per heavy atom. The zero-order chi connectivity index (χ0) is 14.8. The molecule has 1 aromatic rings. The number of hydrogen-bond donors (Lipinski definition) is 0. The maximum absolute atomic E-state index is 12.1. The molecule has 5 heteroatoms. The van der Waals surface area contributed by atoms with Crippen LogP contribution < -0.4 is 4.74 Å². The molecule has 1 amide bonds. The van der Waals surface area contributed by atoms with Crippen molar-refractivity contribution in [2.75, 3.05) is 47.4 Å². The van der Waals surface area contributed by atoms with E-state index in [1.807, 2.05) is 32.3 Å². The van der Waals surface area contributed by atoms with Crippen molar-refractivity contribution in [3.05, 3.63) is 30.3 Å². The van der Waals surface area contributed by atoms with E-state index in [0.29, 0.717) is 25.4 Å². The molecule has 0 unspecified atom stereocenters. The van der Waals surface area contributed by atoms with Crippen LogP contribution in [-0.4, -0.2) is 63.3 Å². The molecule has 112 valence electrons. The summed E-state index contributed by atoms with van der Waals surface area (Å²) in [5.74, 6) is 0.563. The Morgan fingerprint density at radius 3 is 2.40 bits per heavy atom. The van der Waals surface area contributed by atoms with Gasteiger partial charge in [0.15, 0.2) is 0 Å². The molecule has 0 spiro atoms. The third kappa shape index (κ3) is 6.54. The van der Waals surface area contributed by atoms with Gasteiger partial charge in [-0.2, -0.15) is 0 Å². The Bertz CT molecular complexity index is 382. The lowest BCUT2D eigenvalue weighted by atomic mass is 10.3. The summed E-state index contributed by atoms with van der Waals surface area (Å²) in [4.78, 5) is 15.9. The number of ether oxygens (including phenoxy) is 2. The Balaban J connectivity index is 2.50. The summed E-state index contributed by atoms with van der Waals surface area (Å²) in [7, 11) is 5.66. The third-order valence-electron chi connectivity index (χ3n) is 2.81. The number of benzene rings is 1. The van der Waals surface area contributed by atoms with E-state index < -0.39 is 0 Å². The first-order valence-corrected chi connectivity index (χ1v) is 6.79. The fourth-order valence-electron chi connectivity index (χ4n) is 1.73. The van der Waals surface area contributed by atoms with Gasteiger partial charge in [0.25, 0.3) is 0 Å². The minimum Gasteiger partial charge on any atom is -0.410 e. The van der Waals surface area contributed by atoms with Gasteiger partial charge in [-0.1, -0.05) is 18.2 Å². The second kappa shape index (κ2) is 9.34. The van der Waals surface area contributed by atoms with Crippen LogP contribution in [0.5, 0.6) is 5.75 Å². The van der Waals surface area contributed by atoms with Crippen molar-refractivity contribution in [1.29, 1.82) is 0 Å². The van der Waals surface area contributed by atoms with E-state index in [0.717, 1.165) is 13.0 Å². The van der Waals surface area contributed by atoms with Gasteiger partial charge in [-0.15, -0.1) is 0 Å². The topological polar surface area (TPSA) is 42.0 Å². The van der Waals surface area contributed by atoms with Crippen LogP contribution in [-0.2, 0) is 4.74 Å². The van der Waals surface area contributed by atoms with Crippen LogP contribution in [0, 0.1) is 0 Å². The van der Waals surface area contributed by atoms with E-state index in [1.165, 1.54) is 0 Å². The van der Waals surface area contributed by atoms with Gasteiger partial charge in [0.1, 0.15) is 5.75 Å². The molecule has 20 heavy (non-hydrogen) atoms. The first-order valence-electron chi connectivity index (χ1n) is 6.79. The molecule has 5 nitrogen and oxygen atoms in total. The largest absolute Gasteiger partial charge is 0.415 e. The summed E-state index contributed by atoms with van der Waals surface area (Å²) in [5.41, 5.74) is 0. The third-order valence-corrected chi connectivity index (χ3v) is 2.81. The normalized spacial score (nSPS) is 10.6. The van der Waals surface area contributed by atoms with Crippen LogP contribution in [0.15, 0.2) is 30.3 Å². The lowest BCUT2D eigenvalue weighted by Crippen LogP contribution is -2.37. The number of hydrogen-bond acceptors (Lipinski definition) is 4. The van der Waals surface area contributed by atoms with Gasteiger partial charge in [0.2, 0.25) is 0 Å². The predicted molar refractivity (Wildman–Crippen MR) is 79.1 cm³/mol.